The van der Waals surface area contributed by atoms with Crippen LogP contribution in [0.2, 0.25) is 10.0 Å². The van der Waals surface area contributed by atoms with Crippen LogP contribution in [0.5, 0.6) is 5.75 Å². The minimum Gasteiger partial charge on any atom is -0.482 e. The van der Waals surface area contributed by atoms with Crippen LogP contribution in [0.4, 0.5) is 5.13 Å². The molecule has 1 aromatic heterocycles. The van der Waals surface area contributed by atoms with Crippen molar-refractivity contribution in [2.75, 3.05) is 50.9 Å². The monoisotopic (exact) mass is 529 g/mol. The number of hydrogen-bond acceptors (Lipinski definition) is 6. The van der Waals surface area contributed by atoms with Gasteiger partial charge in [-0.15, -0.1) is 12.4 Å². The Balaban J connectivity index is 0.00000306. The van der Waals surface area contributed by atoms with Crippen LogP contribution in [0.15, 0.2) is 30.3 Å². The highest BCUT2D eigenvalue weighted by Gasteiger charge is 2.23. The summed E-state index contributed by atoms with van der Waals surface area (Å²) >= 11 is 13.7. The predicted octanol–water partition coefficient (Wildman–Crippen LogP) is 5.39. The Bertz CT molecular complexity index is 1120. The number of fused-ring (bicyclic) bond motifs is 1. The van der Waals surface area contributed by atoms with Gasteiger partial charge in [-0.05, 0) is 49.2 Å². The average molecular weight is 531 g/mol. The Kier molecular flexibility index (Phi) is 9.21. The maximum atomic E-state index is 13.3. The van der Waals surface area contributed by atoms with E-state index in [-0.39, 0.29) is 24.9 Å². The Morgan fingerprint density at radius 3 is 2.70 bits per heavy atom. The van der Waals surface area contributed by atoms with Crippen molar-refractivity contribution in [3.8, 4) is 5.75 Å². The molecule has 2 heterocycles. The van der Waals surface area contributed by atoms with Crippen LogP contribution in [0.25, 0.3) is 10.2 Å². The van der Waals surface area contributed by atoms with E-state index in [9.17, 15) is 4.79 Å². The molecule has 10 heteroatoms. The smallest absolute Gasteiger partial charge is 0.266 e. The molecule has 0 unspecified atom stereocenters. The predicted molar refractivity (Wildman–Crippen MR) is 138 cm³/mol. The van der Waals surface area contributed by atoms with Gasteiger partial charge in [0.2, 0.25) is 0 Å². The lowest BCUT2D eigenvalue weighted by Crippen LogP contribution is -2.44. The fraction of sp³-hybridized carbons (Fsp3) is 0.391. The van der Waals surface area contributed by atoms with Gasteiger partial charge in [-0.25, -0.2) is 4.98 Å². The highest BCUT2D eigenvalue weighted by molar-refractivity contribution is 7.22. The van der Waals surface area contributed by atoms with Crippen molar-refractivity contribution in [3.63, 3.8) is 0 Å². The molecule has 0 atom stereocenters. The van der Waals surface area contributed by atoms with Crippen LogP contribution >= 0.6 is 46.9 Å². The number of benzene rings is 2. The van der Waals surface area contributed by atoms with Crippen molar-refractivity contribution in [1.29, 1.82) is 0 Å². The number of morpholine rings is 1. The summed E-state index contributed by atoms with van der Waals surface area (Å²) in [7, 11) is 0. The number of halogens is 3. The molecule has 4 rings (SSSR count). The molecule has 0 N–H and O–H groups in total. The molecule has 1 aliphatic rings. The second-order valence-electron chi connectivity index (χ2n) is 7.71. The van der Waals surface area contributed by atoms with Crippen molar-refractivity contribution in [1.82, 2.24) is 9.88 Å². The summed E-state index contributed by atoms with van der Waals surface area (Å²) in [6.07, 6.45) is 0. The van der Waals surface area contributed by atoms with Gasteiger partial charge >= 0.3 is 0 Å². The van der Waals surface area contributed by atoms with E-state index in [0.717, 1.165) is 35.4 Å². The lowest BCUT2D eigenvalue weighted by Gasteiger charge is -2.29. The third-order valence-corrected chi connectivity index (χ3v) is 7.17. The third kappa shape index (κ3) is 6.29. The first kappa shape index (κ1) is 26.0. The van der Waals surface area contributed by atoms with Crippen LogP contribution in [-0.4, -0.2) is 61.8 Å². The second kappa shape index (κ2) is 11.7. The first-order valence-corrected chi connectivity index (χ1v) is 12.0. The molecular formula is C23H26Cl3N3O3S. The number of nitrogens with zero attached hydrogens (tertiary/aromatic N) is 3. The number of amides is 1. The van der Waals surface area contributed by atoms with Gasteiger partial charge in [-0.2, -0.15) is 0 Å². The average Bonchev–Trinajstić information content (AvgIpc) is 3.21. The van der Waals surface area contributed by atoms with Crippen molar-refractivity contribution < 1.29 is 14.3 Å². The Morgan fingerprint density at radius 2 is 1.97 bits per heavy atom. The summed E-state index contributed by atoms with van der Waals surface area (Å²) in [6, 6.07) is 9.10. The van der Waals surface area contributed by atoms with Crippen LogP contribution in [-0.2, 0) is 9.53 Å². The number of carbonyl (C=O) groups excluding carboxylic acids is 1. The summed E-state index contributed by atoms with van der Waals surface area (Å²) in [5.41, 5.74) is 3.26. The summed E-state index contributed by atoms with van der Waals surface area (Å²) in [5, 5.41) is 1.56. The number of rotatable bonds is 7. The normalized spacial score (nSPS) is 14.2. The molecule has 0 spiro atoms. The van der Waals surface area contributed by atoms with E-state index in [1.165, 1.54) is 16.9 Å². The Hall–Kier alpha value is -1.61. The third-order valence-electron chi connectivity index (χ3n) is 5.59. The lowest BCUT2D eigenvalue weighted by molar-refractivity contribution is -0.120. The van der Waals surface area contributed by atoms with Crippen molar-refractivity contribution in [2.24, 2.45) is 0 Å². The fourth-order valence-electron chi connectivity index (χ4n) is 3.53. The van der Waals surface area contributed by atoms with Gasteiger partial charge in [0.05, 0.1) is 28.5 Å². The summed E-state index contributed by atoms with van der Waals surface area (Å²) < 4.78 is 12.2. The van der Waals surface area contributed by atoms with Gasteiger partial charge in [-0.1, -0.05) is 40.6 Å². The van der Waals surface area contributed by atoms with E-state index in [1.807, 2.05) is 0 Å². The molecule has 33 heavy (non-hydrogen) atoms. The van der Waals surface area contributed by atoms with Crippen LogP contribution in [0.1, 0.15) is 11.1 Å². The quantitative estimate of drug-likeness (QED) is 0.410. The number of carbonyl (C=O) groups is 1. The molecule has 0 saturated carbocycles. The van der Waals surface area contributed by atoms with Crippen molar-refractivity contribution in [2.45, 2.75) is 13.8 Å². The minimum atomic E-state index is -0.169. The Labute approximate surface area is 213 Å². The van der Waals surface area contributed by atoms with Crippen molar-refractivity contribution in [3.05, 3.63) is 51.5 Å². The van der Waals surface area contributed by atoms with E-state index in [0.29, 0.717) is 40.7 Å². The number of aromatic nitrogens is 1. The fourth-order valence-corrected chi connectivity index (χ4v) is 5.06. The highest BCUT2D eigenvalue weighted by Crippen LogP contribution is 2.32. The molecule has 3 aromatic rings. The van der Waals surface area contributed by atoms with Gasteiger partial charge < -0.3 is 9.47 Å². The number of aryl methyl sites for hydroxylation is 2. The standard InChI is InChI=1S/C23H25Cl2N3O3S.ClH/c1-15-3-6-20-22(16(15)2)26-23(32-20)28(8-7-27-9-11-30-12-10-27)21(29)14-31-19-5-4-17(24)13-18(19)25;/h3-6,13H,7-12,14H2,1-2H3;1H. The summed E-state index contributed by atoms with van der Waals surface area (Å²) in [5.74, 6) is 0.256. The largest absolute Gasteiger partial charge is 0.482 e. The van der Waals surface area contributed by atoms with Crippen LogP contribution in [0, 0.1) is 13.8 Å². The van der Waals surface area contributed by atoms with Gasteiger partial charge in [0.25, 0.3) is 5.91 Å². The molecule has 0 radical (unpaired) electrons. The van der Waals surface area contributed by atoms with Crippen molar-refractivity contribution >= 4 is 68.2 Å². The van der Waals surface area contributed by atoms with E-state index in [2.05, 4.69) is 30.9 Å². The SMILES string of the molecule is Cc1ccc2sc(N(CCN3CCOCC3)C(=O)COc3ccc(Cl)cc3Cl)nc2c1C.Cl. The minimum absolute atomic E-state index is 0. The Morgan fingerprint density at radius 1 is 1.21 bits per heavy atom. The molecule has 6 nitrogen and oxygen atoms in total. The van der Waals surface area contributed by atoms with Gasteiger partial charge in [0, 0.05) is 31.2 Å². The zero-order valence-corrected chi connectivity index (χ0v) is 21.6. The molecule has 1 amide bonds. The summed E-state index contributed by atoms with van der Waals surface area (Å²) in [6.45, 7) is 8.40. The maximum absolute atomic E-state index is 13.3. The highest BCUT2D eigenvalue weighted by atomic mass is 35.5. The van der Waals surface area contributed by atoms with Crippen LogP contribution in [0.3, 0.4) is 0 Å². The first-order valence-electron chi connectivity index (χ1n) is 10.5. The number of hydrogen-bond donors (Lipinski definition) is 0. The molecular weight excluding hydrogens is 505 g/mol. The van der Waals surface area contributed by atoms with Crippen LogP contribution < -0.4 is 9.64 Å². The topological polar surface area (TPSA) is 54.9 Å². The molecule has 1 saturated heterocycles. The van der Waals surface area contributed by atoms with Gasteiger partial charge in [0.15, 0.2) is 11.7 Å². The summed E-state index contributed by atoms with van der Waals surface area (Å²) in [4.78, 5) is 22.1. The van der Waals surface area contributed by atoms with E-state index >= 15 is 0 Å². The van der Waals surface area contributed by atoms with E-state index in [1.54, 1.807) is 23.1 Å². The lowest BCUT2D eigenvalue weighted by atomic mass is 10.1. The zero-order valence-electron chi connectivity index (χ0n) is 18.5. The number of ether oxygens (including phenoxy) is 2. The molecule has 1 aliphatic heterocycles. The molecule has 1 fully saturated rings. The van der Waals surface area contributed by atoms with Gasteiger partial charge in [-0.3, -0.25) is 14.6 Å². The molecule has 0 bridgehead atoms. The number of thiazole rings is 1. The molecule has 0 aliphatic carbocycles. The van der Waals surface area contributed by atoms with E-state index in [4.69, 9.17) is 37.7 Å². The second-order valence-corrected chi connectivity index (χ2v) is 9.57. The number of anilines is 1. The first-order chi connectivity index (χ1) is 15.4. The zero-order chi connectivity index (χ0) is 22.7. The molecule has 178 valence electrons. The van der Waals surface area contributed by atoms with Gasteiger partial charge in [0.1, 0.15) is 5.75 Å². The van der Waals surface area contributed by atoms with E-state index < -0.39 is 0 Å². The molecule has 2 aromatic carbocycles. The maximum Gasteiger partial charge on any atom is 0.266 e.